The molecule has 2 rings (SSSR count). The van der Waals surface area contributed by atoms with Gasteiger partial charge in [0.05, 0.1) is 11.4 Å². The lowest BCUT2D eigenvalue weighted by molar-refractivity contribution is 0.0772. The minimum atomic E-state index is -0.0768. The summed E-state index contributed by atoms with van der Waals surface area (Å²) in [4.78, 5) is 15.1. The van der Waals surface area contributed by atoms with Gasteiger partial charge in [0.25, 0.3) is 5.91 Å². The lowest BCUT2D eigenvalue weighted by Gasteiger charge is -2.33. The predicted molar refractivity (Wildman–Crippen MR) is 112 cm³/mol. The number of benzene rings is 1. The molecule has 4 N–H and O–H groups in total. The summed E-state index contributed by atoms with van der Waals surface area (Å²) in [5, 5.41) is 1.64. The number of hydrogen-bond acceptors (Lipinski definition) is 4. The van der Waals surface area contributed by atoms with Gasteiger partial charge in [-0.15, -0.1) is 0 Å². The lowest BCUT2D eigenvalue weighted by Crippen LogP contribution is -2.41. The SMILES string of the molecule is C\C=C/C=C\C1=C\C(N(N)C(C)C)=C(\N)c2ccccc2C(=O)N1C(C)C. The molecule has 5 heteroatoms. The first kappa shape index (κ1) is 20.5. The Morgan fingerprint density at radius 3 is 2.26 bits per heavy atom. The van der Waals surface area contributed by atoms with E-state index in [1.807, 2.05) is 89.3 Å². The van der Waals surface area contributed by atoms with E-state index in [-0.39, 0.29) is 18.0 Å². The van der Waals surface area contributed by atoms with E-state index in [4.69, 9.17) is 11.6 Å². The van der Waals surface area contributed by atoms with Crippen molar-refractivity contribution in [1.82, 2.24) is 9.91 Å². The zero-order chi connectivity index (χ0) is 20.1. The van der Waals surface area contributed by atoms with Crippen LogP contribution in [0.5, 0.6) is 0 Å². The maximum absolute atomic E-state index is 13.3. The number of amides is 1. The van der Waals surface area contributed by atoms with Crippen LogP contribution in [-0.2, 0) is 0 Å². The van der Waals surface area contributed by atoms with Crippen LogP contribution >= 0.6 is 0 Å². The fourth-order valence-electron chi connectivity index (χ4n) is 2.99. The third-order valence-corrected chi connectivity index (χ3v) is 4.43. The predicted octanol–water partition coefficient (Wildman–Crippen LogP) is 3.78. The summed E-state index contributed by atoms with van der Waals surface area (Å²) >= 11 is 0. The molecule has 1 amide bonds. The van der Waals surface area contributed by atoms with Crippen LogP contribution in [0, 0.1) is 0 Å². The normalized spacial score (nSPS) is 20.2. The van der Waals surface area contributed by atoms with Crippen LogP contribution in [0.25, 0.3) is 5.70 Å². The van der Waals surface area contributed by atoms with Gasteiger partial charge in [0.1, 0.15) is 0 Å². The molecule has 1 aliphatic heterocycles. The zero-order valence-corrected chi connectivity index (χ0v) is 16.8. The highest BCUT2D eigenvalue weighted by molar-refractivity contribution is 6.01. The summed E-state index contributed by atoms with van der Waals surface area (Å²) in [6, 6.07) is 7.43. The monoisotopic (exact) mass is 366 g/mol. The molecule has 144 valence electrons. The number of hydrogen-bond donors (Lipinski definition) is 2. The average Bonchev–Trinajstić information content (AvgIpc) is 2.63. The average molecular weight is 367 g/mol. The fourth-order valence-corrected chi connectivity index (χ4v) is 2.99. The summed E-state index contributed by atoms with van der Waals surface area (Å²) in [6.07, 6.45) is 9.57. The summed E-state index contributed by atoms with van der Waals surface area (Å²) in [6.45, 7) is 9.94. The van der Waals surface area contributed by atoms with Crippen molar-refractivity contribution in [3.05, 3.63) is 77.2 Å². The highest BCUT2D eigenvalue weighted by atomic mass is 16.2. The Morgan fingerprint density at radius 2 is 1.70 bits per heavy atom. The molecule has 1 aliphatic rings. The Labute approximate surface area is 162 Å². The number of carbonyl (C=O) groups is 1. The van der Waals surface area contributed by atoms with E-state index in [1.165, 1.54) is 0 Å². The minimum Gasteiger partial charge on any atom is -0.396 e. The molecule has 1 aromatic carbocycles. The zero-order valence-electron chi connectivity index (χ0n) is 16.8. The molecule has 0 unspecified atom stereocenters. The second-order valence-electron chi connectivity index (χ2n) is 7.07. The van der Waals surface area contributed by atoms with Crippen LogP contribution < -0.4 is 11.6 Å². The van der Waals surface area contributed by atoms with Crippen LogP contribution in [0.3, 0.4) is 0 Å². The van der Waals surface area contributed by atoms with Crippen LogP contribution in [0.2, 0.25) is 0 Å². The Hall–Kier alpha value is -2.79. The standard InChI is InChI=1S/C22H30N4O/c1-6-7-8-11-17-14-20(26(24)16(4)5)21(23)18-12-9-10-13-19(18)22(27)25(17)15(2)3/h6-16H,23-24H2,1-5H3/b7-6-,11-8-,17-14-,21-20-. The smallest absolute Gasteiger partial charge is 0.259 e. The molecule has 27 heavy (non-hydrogen) atoms. The third-order valence-electron chi connectivity index (χ3n) is 4.43. The number of rotatable bonds is 5. The molecular weight excluding hydrogens is 336 g/mol. The van der Waals surface area contributed by atoms with Gasteiger partial charge in [-0.2, -0.15) is 0 Å². The van der Waals surface area contributed by atoms with Crippen LogP contribution in [0.15, 0.2) is 66.0 Å². The van der Waals surface area contributed by atoms with E-state index in [1.54, 1.807) is 9.91 Å². The fraction of sp³-hybridized carbons (Fsp3) is 0.318. The molecule has 0 bridgehead atoms. The second-order valence-corrected chi connectivity index (χ2v) is 7.07. The molecule has 0 spiro atoms. The molecule has 0 aromatic heterocycles. The minimum absolute atomic E-state index is 0.0297. The van der Waals surface area contributed by atoms with E-state index < -0.39 is 0 Å². The second kappa shape index (κ2) is 8.73. The Morgan fingerprint density at radius 1 is 1.07 bits per heavy atom. The number of nitrogens with two attached hydrogens (primary N) is 2. The van der Waals surface area contributed by atoms with Crippen molar-refractivity contribution in [3.63, 3.8) is 0 Å². The molecule has 5 nitrogen and oxygen atoms in total. The molecule has 1 aromatic rings. The summed E-state index contributed by atoms with van der Waals surface area (Å²) in [5.41, 5.74) is 9.71. The van der Waals surface area contributed by atoms with Crippen molar-refractivity contribution in [2.24, 2.45) is 11.6 Å². The number of nitrogens with zero attached hydrogens (tertiary/aromatic N) is 2. The molecule has 0 atom stereocenters. The number of carbonyl (C=O) groups excluding carboxylic acids is 1. The first-order valence-corrected chi connectivity index (χ1v) is 9.27. The van der Waals surface area contributed by atoms with Gasteiger partial charge in [0.2, 0.25) is 0 Å². The number of allylic oxidation sites excluding steroid dienone is 5. The Kier molecular flexibility index (Phi) is 6.64. The van der Waals surface area contributed by atoms with Gasteiger partial charge in [0.15, 0.2) is 0 Å². The van der Waals surface area contributed by atoms with Crippen LogP contribution in [0.1, 0.15) is 50.5 Å². The van der Waals surface area contributed by atoms with Crippen LogP contribution in [-0.4, -0.2) is 27.9 Å². The van der Waals surface area contributed by atoms with Crippen molar-refractivity contribution < 1.29 is 4.79 Å². The van der Waals surface area contributed by atoms with Crippen molar-refractivity contribution in [2.45, 2.75) is 46.7 Å². The largest absolute Gasteiger partial charge is 0.396 e. The van der Waals surface area contributed by atoms with E-state index >= 15 is 0 Å². The van der Waals surface area contributed by atoms with Gasteiger partial charge in [-0.05, 0) is 52.8 Å². The van der Waals surface area contributed by atoms with Crippen molar-refractivity contribution in [2.75, 3.05) is 0 Å². The molecule has 0 fully saturated rings. The van der Waals surface area contributed by atoms with E-state index in [9.17, 15) is 4.79 Å². The van der Waals surface area contributed by atoms with Gasteiger partial charge < -0.3 is 15.6 Å². The van der Waals surface area contributed by atoms with Crippen molar-refractivity contribution in [1.29, 1.82) is 0 Å². The number of hydrazine groups is 1. The van der Waals surface area contributed by atoms with Crippen molar-refractivity contribution >= 4 is 11.6 Å². The molecular formula is C22H30N4O. The van der Waals surface area contributed by atoms with Crippen LogP contribution in [0.4, 0.5) is 0 Å². The quantitative estimate of drug-likeness (QED) is 0.472. The third kappa shape index (κ3) is 4.31. The molecule has 0 aliphatic carbocycles. The van der Waals surface area contributed by atoms with Gasteiger partial charge in [-0.1, -0.05) is 36.4 Å². The Bertz CT molecular complexity index is 815. The maximum atomic E-state index is 13.3. The highest BCUT2D eigenvalue weighted by Gasteiger charge is 2.28. The van der Waals surface area contributed by atoms with E-state index in [0.717, 1.165) is 5.70 Å². The first-order valence-electron chi connectivity index (χ1n) is 9.27. The molecule has 0 radical (unpaired) electrons. The summed E-state index contributed by atoms with van der Waals surface area (Å²) in [5.74, 6) is 6.27. The van der Waals surface area contributed by atoms with E-state index in [0.29, 0.717) is 22.5 Å². The van der Waals surface area contributed by atoms with Gasteiger partial charge in [-0.25, -0.2) is 5.84 Å². The van der Waals surface area contributed by atoms with Gasteiger partial charge >= 0.3 is 0 Å². The molecule has 0 saturated heterocycles. The molecule has 1 heterocycles. The number of fused-ring (bicyclic) bond motifs is 1. The highest BCUT2D eigenvalue weighted by Crippen LogP contribution is 2.29. The summed E-state index contributed by atoms with van der Waals surface area (Å²) < 4.78 is 0. The molecule has 0 saturated carbocycles. The Balaban J connectivity index is 2.82. The maximum Gasteiger partial charge on any atom is 0.259 e. The topological polar surface area (TPSA) is 75.6 Å². The van der Waals surface area contributed by atoms with Gasteiger partial charge in [-0.3, -0.25) is 4.79 Å². The first-order chi connectivity index (χ1) is 12.8. The lowest BCUT2D eigenvalue weighted by atomic mass is 9.98. The van der Waals surface area contributed by atoms with Crippen molar-refractivity contribution in [3.8, 4) is 0 Å². The van der Waals surface area contributed by atoms with Gasteiger partial charge in [0, 0.05) is 28.9 Å². The van der Waals surface area contributed by atoms with E-state index in [2.05, 4.69) is 0 Å². The summed E-state index contributed by atoms with van der Waals surface area (Å²) in [7, 11) is 0.